The summed E-state index contributed by atoms with van der Waals surface area (Å²) < 4.78 is 39.5. The minimum atomic E-state index is -4.45. The first-order valence-corrected chi connectivity index (χ1v) is 6.82. The highest BCUT2D eigenvalue weighted by molar-refractivity contribution is 5.94. The normalized spacial score (nSPS) is 11.5. The molecule has 0 aliphatic heterocycles. The van der Waals surface area contributed by atoms with Crippen molar-refractivity contribution in [2.75, 3.05) is 6.54 Å². The second kappa shape index (κ2) is 6.64. The zero-order valence-electron chi connectivity index (χ0n) is 12.0. The SMILES string of the molecule is Cc1ccn(CCCNC(=O)c2cccc(C(F)(F)F)c2)n1. The lowest BCUT2D eigenvalue weighted by atomic mass is 10.1. The molecule has 4 nitrogen and oxygen atoms in total. The predicted octanol–water partition coefficient (Wildman–Crippen LogP) is 3.03. The number of amides is 1. The Balaban J connectivity index is 1.84. The van der Waals surface area contributed by atoms with Crippen LogP contribution in [-0.4, -0.2) is 22.2 Å². The number of hydrogen-bond donors (Lipinski definition) is 1. The lowest BCUT2D eigenvalue weighted by molar-refractivity contribution is -0.137. The van der Waals surface area contributed by atoms with Crippen LogP contribution < -0.4 is 5.32 Å². The van der Waals surface area contributed by atoms with E-state index < -0.39 is 17.6 Å². The van der Waals surface area contributed by atoms with Gasteiger partial charge in [-0.1, -0.05) is 6.07 Å². The van der Waals surface area contributed by atoms with E-state index in [1.807, 2.05) is 19.2 Å². The third-order valence-corrected chi connectivity index (χ3v) is 3.08. The molecule has 0 aliphatic carbocycles. The molecule has 1 aromatic carbocycles. The Labute approximate surface area is 125 Å². The number of halogens is 3. The van der Waals surface area contributed by atoms with Crippen LogP contribution in [0, 0.1) is 6.92 Å². The van der Waals surface area contributed by atoms with Crippen molar-refractivity contribution in [3.63, 3.8) is 0 Å². The number of benzene rings is 1. The van der Waals surface area contributed by atoms with Crippen LogP contribution in [0.15, 0.2) is 36.5 Å². The number of nitrogens with zero attached hydrogens (tertiary/aromatic N) is 2. The first-order valence-electron chi connectivity index (χ1n) is 6.82. The molecule has 7 heteroatoms. The fourth-order valence-electron chi connectivity index (χ4n) is 1.97. The Hall–Kier alpha value is -2.31. The van der Waals surface area contributed by atoms with Crippen LogP contribution in [0.5, 0.6) is 0 Å². The third-order valence-electron chi connectivity index (χ3n) is 3.08. The lowest BCUT2D eigenvalue weighted by Gasteiger charge is -2.09. The molecule has 22 heavy (non-hydrogen) atoms. The maximum absolute atomic E-state index is 12.6. The summed E-state index contributed by atoms with van der Waals surface area (Å²) in [5.74, 6) is -0.511. The van der Waals surface area contributed by atoms with Gasteiger partial charge in [-0.15, -0.1) is 0 Å². The van der Waals surface area contributed by atoms with Gasteiger partial charge >= 0.3 is 6.18 Å². The summed E-state index contributed by atoms with van der Waals surface area (Å²) in [5, 5.41) is 6.81. The number of carbonyl (C=O) groups excluding carboxylic acids is 1. The molecule has 0 saturated carbocycles. The van der Waals surface area contributed by atoms with Gasteiger partial charge < -0.3 is 5.32 Å². The van der Waals surface area contributed by atoms with E-state index in [2.05, 4.69) is 10.4 Å². The summed E-state index contributed by atoms with van der Waals surface area (Å²) in [6, 6.07) is 6.26. The average Bonchev–Trinajstić information content (AvgIpc) is 2.88. The Morgan fingerprint density at radius 1 is 1.32 bits per heavy atom. The quantitative estimate of drug-likeness (QED) is 0.863. The van der Waals surface area contributed by atoms with Gasteiger partial charge in [0.05, 0.1) is 11.3 Å². The highest BCUT2D eigenvalue weighted by Crippen LogP contribution is 2.29. The molecule has 0 radical (unpaired) electrons. The minimum Gasteiger partial charge on any atom is -0.352 e. The van der Waals surface area contributed by atoms with Crippen molar-refractivity contribution < 1.29 is 18.0 Å². The van der Waals surface area contributed by atoms with Crippen LogP contribution in [0.2, 0.25) is 0 Å². The van der Waals surface area contributed by atoms with Gasteiger partial charge in [0.2, 0.25) is 0 Å². The molecular formula is C15H16F3N3O. The van der Waals surface area contributed by atoms with Gasteiger partial charge in [-0.2, -0.15) is 18.3 Å². The molecule has 2 aromatic rings. The number of rotatable bonds is 5. The second-order valence-electron chi connectivity index (χ2n) is 4.91. The van der Waals surface area contributed by atoms with E-state index in [0.29, 0.717) is 19.5 Å². The van der Waals surface area contributed by atoms with E-state index in [9.17, 15) is 18.0 Å². The Morgan fingerprint density at radius 3 is 2.73 bits per heavy atom. The van der Waals surface area contributed by atoms with Crippen molar-refractivity contribution in [1.29, 1.82) is 0 Å². The molecule has 2 rings (SSSR count). The van der Waals surface area contributed by atoms with Crippen LogP contribution in [0.1, 0.15) is 28.0 Å². The van der Waals surface area contributed by atoms with Gasteiger partial charge in [0.25, 0.3) is 5.91 Å². The molecule has 0 bridgehead atoms. The summed E-state index contributed by atoms with van der Waals surface area (Å²) in [7, 11) is 0. The molecule has 0 spiro atoms. The third kappa shape index (κ3) is 4.34. The fourth-order valence-corrected chi connectivity index (χ4v) is 1.97. The highest BCUT2D eigenvalue weighted by Gasteiger charge is 2.30. The molecule has 0 aliphatic rings. The van der Waals surface area contributed by atoms with Crippen LogP contribution in [0.4, 0.5) is 13.2 Å². The molecule has 1 N–H and O–H groups in total. The predicted molar refractivity (Wildman–Crippen MR) is 75.4 cm³/mol. The minimum absolute atomic E-state index is 0.00441. The number of nitrogens with one attached hydrogen (secondary N) is 1. The average molecular weight is 311 g/mol. The molecule has 1 aromatic heterocycles. The van der Waals surface area contributed by atoms with Crippen LogP contribution >= 0.6 is 0 Å². The summed E-state index contributed by atoms with van der Waals surface area (Å²) in [5.41, 5.74) is 0.0879. The van der Waals surface area contributed by atoms with Gasteiger partial charge in [-0.05, 0) is 37.6 Å². The first-order chi connectivity index (χ1) is 10.4. The van der Waals surface area contributed by atoms with E-state index in [-0.39, 0.29) is 5.56 Å². The van der Waals surface area contributed by atoms with Crippen molar-refractivity contribution in [3.05, 3.63) is 53.3 Å². The van der Waals surface area contributed by atoms with Crippen LogP contribution in [0.3, 0.4) is 0 Å². The van der Waals surface area contributed by atoms with Crippen LogP contribution in [-0.2, 0) is 12.7 Å². The van der Waals surface area contributed by atoms with Gasteiger partial charge in [0, 0.05) is 24.8 Å². The number of carbonyl (C=O) groups is 1. The topological polar surface area (TPSA) is 46.9 Å². The standard InChI is InChI=1S/C15H16F3N3O/c1-11-6-9-21(20-11)8-3-7-19-14(22)12-4-2-5-13(10-12)15(16,17)18/h2,4-6,9-10H,3,7-8H2,1H3,(H,19,22). The van der Waals surface area contributed by atoms with Gasteiger partial charge in [0.15, 0.2) is 0 Å². The zero-order chi connectivity index (χ0) is 16.2. The van der Waals surface area contributed by atoms with Crippen molar-refractivity contribution in [1.82, 2.24) is 15.1 Å². The van der Waals surface area contributed by atoms with Crippen molar-refractivity contribution in [2.24, 2.45) is 0 Å². The van der Waals surface area contributed by atoms with E-state index in [0.717, 1.165) is 17.8 Å². The summed E-state index contributed by atoms with van der Waals surface area (Å²) in [6.07, 6.45) is -1.97. The van der Waals surface area contributed by atoms with Gasteiger partial charge in [-0.3, -0.25) is 9.48 Å². The second-order valence-corrected chi connectivity index (χ2v) is 4.91. The fraction of sp³-hybridized carbons (Fsp3) is 0.333. The maximum atomic E-state index is 12.6. The molecule has 0 unspecified atom stereocenters. The number of aryl methyl sites for hydroxylation is 2. The molecule has 1 heterocycles. The lowest BCUT2D eigenvalue weighted by Crippen LogP contribution is -2.25. The van der Waals surface area contributed by atoms with E-state index in [1.165, 1.54) is 12.1 Å². The maximum Gasteiger partial charge on any atom is 0.416 e. The summed E-state index contributed by atoms with van der Waals surface area (Å²) in [6.45, 7) is 2.89. The monoisotopic (exact) mass is 311 g/mol. The van der Waals surface area contributed by atoms with Crippen molar-refractivity contribution in [2.45, 2.75) is 26.1 Å². The Bertz CT molecular complexity index is 649. The molecule has 118 valence electrons. The van der Waals surface area contributed by atoms with E-state index >= 15 is 0 Å². The molecule has 0 atom stereocenters. The number of hydrogen-bond acceptors (Lipinski definition) is 2. The summed E-state index contributed by atoms with van der Waals surface area (Å²) in [4.78, 5) is 11.8. The van der Waals surface area contributed by atoms with Crippen LogP contribution in [0.25, 0.3) is 0 Å². The zero-order valence-corrected chi connectivity index (χ0v) is 12.0. The highest BCUT2D eigenvalue weighted by atomic mass is 19.4. The van der Waals surface area contributed by atoms with Gasteiger partial charge in [-0.25, -0.2) is 0 Å². The number of alkyl halides is 3. The molecule has 0 fully saturated rings. The molecule has 1 amide bonds. The first kappa shape index (κ1) is 16.1. The Kier molecular flexibility index (Phi) is 4.85. The Morgan fingerprint density at radius 2 is 2.09 bits per heavy atom. The van der Waals surface area contributed by atoms with E-state index in [4.69, 9.17) is 0 Å². The smallest absolute Gasteiger partial charge is 0.352 e. The van der Waals surface area contributed by atoms with Crippen molar-refractivity contribution in [3.8, 4) is 0 Å². The van der Waals surface area contributed by atoms with Crippen molar-refractivity contribution >= 4 is 5.91 Å². The largest absolute Gasteiger partial charge is 0.416 e. The van der Waals surface area contributed by atoms with E-state index in [1.54, 1.807) is 4.68 Å². The summed E-state index contributed by atoms with van der Waals surface area (Å²) >= 11 is 0. The van der Waals surface area contributed by atoms with Gasteiger partial charge in [0.1, 0.15) is 0 Å². The number of aromatic nitrogens is 2. The molecule has 0 saturated heterocycles. The molecular weight excluding hydrogens is 295 g/mol.